The van der Waals surface area contributed by atoms with Gasteiger partial charge in [0.15, 0.2) is 0 Å². The number of rotatable bonds is 5. The van der Waals surface area contributed by atoms with Crippen molar-refractivity contribution >= 4 is 11.9 Å². The molecule has 0 saturated carbocycles. The van der Waals surface area contributed by atoms with E-state index >= 15 is 0 Å². The van der Waals surface area contributed by atoms with E-state index in [2.05, 4.69) is 0 Å². The van der Waals surface area contributed by atoms with E-state index in [9.17, 15) is 14.0 Å². The minimum Gasteiger partial charge on any atom is -0.496 e. The Morgan fingerprint density at radius 1 is 1.41 bits per heavy atom. The van der Waals surface area contributed by atoms with Crippen molar-refractivity contribution in [2.24, 2.45) is 0 Å². The second-order valence-corrected chi connectivity index (χ2v) is 3.37. The number of aliphatic carboxylic acids is 2. The second kappa shape index (κ2) is 5.29. The lowest BCUT2D eigenvalue weighted by Crippen LogP contribution is -2.16. The van der Waals surface area contributed by atoms with Crippen LogP contribution in [-0.4, -0.2) is 29.3 Å². The number of hydrogen-bond acceptors (Lipinski definition) is 3. The number of methoxy groups -OCH3 is 1. The van der Waals surface area contributed by atoms with Gasteiger partial charge in [-0.25, -0.2) is 4.39 Å². The topological polar surface area (TPSA) is 83.8 Å². The molecule has 0 saturated heterocycles. The molecule has 17 heavy (non-hydrogen) atoms. The molecule has 1 rings (SSSR count). The third-order valence-corrected chi connectivity index (χ3v) is 2.25. The molecule has 0 aliphatic rings. The Kier molecular flexibility index (Phi) is 4.03. The first-order chi connectivity index (χ1) is 7.95. The van der Waals surface area contributed by atoms with Crippen LogP contribution in [0.25, 0.3) is 0 Å². The van der Waals surface area contributed by atoms with Crippen molar-refractivity contribution in [1.82, 2.24) is 0 Å². The van der Waals surface area contributed by atoms with Crippen LogP contribution >= 0.6 is 0 Å². The Bertz CT molecular complexity index is 443. The zero-order valence-electron chi connectivity index (χ0n) is 9.01. The molecule has 1 unspecified atom stereocenters. The molecule has 5 nitrogen and oxygen atoms in total. The van der Waals surface area contributed by atoms with Crippen LogP contribution in [0.3, 0.4) is 0 Å². The second-order valence-electron chi connectivity index (χ2n) is 3.37. The van der Waals surface area contributed by atoms with Gasteiger partial charge in [0.05, 0.1) is 19.4 Å². The normalized spacial score (nSPS) is 11.9. The lowest BCUT2D eigenvalue weighted by atomic mass is 9.95. The SMILES string of the molecule is COc1cc(F)ccc1C(CC(=O)O)C(=O)O. The third kappa shape index (κ3) is 3.17. The fourth-order valence-electron chi connectivity index (χ4n) is 1.48. The summed E-state index contributed by atoms with van der Waals surface area (Å²) in [6.07, 6.45) is -0.586. The van der Waals surface area contributed by atoms with Crippen LogP contribution in [0.5, 0.6) is 5.75 Å². The molecule has 0 aliphatic heterocycles. The summed E-state index contributed by atoms with van der Waals surface area (Å²) in [5, 5.41) is 17.6. The average Bonchev–Trinajstić information content (AvgIpc) is 2.25. The maximum absolute atomic E-state index is 12.9. The molecule has 92 valence electrons. The lowest BCUT2D eigenvalue weighted by Gasteiger charge is -2.14. The highest BCUT2D eigenvalue weighted by atomic mass is 19.1. The monoisotopic (exact) mass is 242 g/mol. The van der Waals surface area contributed by atoms with E-state index in [0.29, 0.717) is 0 Å². The first kappa shape index (κ1) is 13.0. The van der Waals surface area contributed by atoms with Gasteiger partial charge < -0.3 is 14.9 Å². The van der Waals surface area contributed by atoms with Gasteiger partial charge in [-0.2, -0.15) is 0 Å². The van der Waals surface area contributed by atoms with Crippen LogP contribution in [-0.2, 0) is 9.59 Å². The Morgan fingerprint density at radius 3 is 2.53 bits per heavy atom. The number of carboxylic acid groups (broad SMARTS) is 2. The summed E-state index contributed by atoms with van der Waals surface area (Å²) in [6, 6.07) is 3.30. The molecule has 0 aliphatic carbocycles. The van der Waals surface area contributed by atoms with Gasteiger partial charge >= 0.3 is 11.9 Å². The number of benzene rings is 1. The number of carboxylic acids is 2. The van der Waals surface area contributed by atoms with Crippen LogP contribution in [0.1, 0.15) is 17.9 Å². The van der Waals surface area contributed by atoms with Crippen LogP contribution in [0.4, 0.5) is 4.39 Å². The highest BCUT2D eigenvalue weighted by molar-refractivity contribution is 5.83. The quantitative estimate of drug-likeness (QED) is 0.816. The molecule has 6 heteroatoms. The van der Waals surface area contributed by atoms with Gasteiger partial charge in [-0.3, -0.25) is 9.59 Å². The van der Waals surface area contributed by atoms with Gasteiger partial charge in [0.25, 0.3) is 0 Å². The van der Waals surface area contributed by atoms with Crippen molar-refractivity contribution in [1.29, 1.82) is 0 Å². The summed E-state index contributed by atoms with van der Waals surface area (Å²) in [5.41, 5.74) is 0.142. The number of carbonyl (C=O) groups is 2. The van der Waals surface area contributed by atoms with Crippen molar-refractivity contribution < 1.29 is 28.9 Å². The summed E-state index contributed by atoms with van der Waals surface area (Å²) in [4.78, 5) is 21.6. The molecular formula is C11H11FO5. The van der Waals surface area contributed by atoms with Crippen molar-refractivity contribution in [3.05, 3.63) is 29.6 Å². The van der Waals surface area contributed by atoms with Crippen molar-refractivity contribution in [3.63, 3.8) is 0 Å². The van der Waals surface area contributed by atoms with E-state index in [1.54, 1.807) is 0 Å². The number of hydrogen-bond donors (Lipinski definition) is 2. The summed E-state index contributed by atoms with van der Waals surface area (Å²) >= 11 is 0. The van der Waals surface area contributed by atoms with Gasteiger partial charge in [-0.1, -0.05) is 6.07 Å². The zero-order valence-corrected chi connectivity index (χ0v) is 9.01. The minimum absolute atomic E-state index is 0.0265. The third-order valence-electron chi connectivity index (χ3n) is 2.25. The highest BCUT2D eigenvalue weighted by Crippen LogP contribution is 2.30. The summed E-state index contributed by atoms with van der Waals surface area (Å²) in [7, 11) is 1.26. The summed E-state index contributed by atoms with van der Waals surface area (Å²) < 4.78 is 17.8. The predicted octanol–water partition coefficient (Wildman–Crippen LogP) is 1.48. The Balaban J connectivity index is 3.17. The molecular weight excluding hydrogens is 231 g/mol. The van der Waals surface area contributed by atoms with E-state index in [-0.39, 0.29) is 11.3 Å². The van der Waals surface area contributed by atoms with Gasteiger partial charge in [-0.05, 0) is 6.07 Å². The molecule has 1 atom stereocenters. The smallest absolute Gasteiger partial charge is 0.311 e. The summed E-state index contributed by atoms with van der Waals surface area (Å²) in [6.45, 7) is 0. The fourth-order valence-corrected chi connectivity index (χ4v) is 1.48. The predicted molar refractivity (Wildman–Crippen MR) is 55.6 cm³/mol. The maximum Gasteiger partial charge on any atom is 0.311 e. The number of ether oxygens (including phenoxy) is 1. The van der Waals surface area contributed by atoms with E-state index in [4.69, 9.17) is 14.9 Å². The van der Waals surface area contributed by atoms with Gasteiger partial charge in [0.2, 0.25) is 0 Å². The van der Waals surface area contributed by atoms with Gasteiger partial charge in [-0.15, -0.1) is 0 Å². The first-order valence-corrected chi connectivity index (χ1v) is 4.73. The molecule has 0 aromatic heterocycles. The van der Waals surface area contributed by atoms with Crippen molar-refractivity contribution in [3.8, 4) is 5.75 Å². The first-order valence-electron chi connectivity index (χ1n) is 4.73. The molecule has 1 aromatic carbocycles. The van der Waals surface area contributed by atoms with Crippen LogP contribution in [0.15, 0.2) is 18.2 Å². The molecule has 0 radical (unpaired) electrons. The van der Waals surface area contributed by atoms with Crippen molar-refractivity contribution in [2.45, 2.75) is 12.3 Å². The van der Waals surface area contributed by atoms with E-state index < -0.39 is 30.1 Å². The minimum atomic E-state index is -1.29. The van der Waals surface area contributed by atoms with Crippen LogP contribution in [0.2, 0.25) is 0 Å². The Hall–Kier alpha value is -2.11. The molecule has 0 spiro atoms. The van der Waals surface area contributed by atoms with Gasteiger partial charge in [0, 0.05) is 11.6 Å². The lowest BCUT2D eigenvalue weighted by molar-refractivity contribution is -0.145. The van der Waals surface area contributed by atoms with Crippen LogP contribution < -0.4 is 4.74 Å². The van der Waals surface area contributed by atoms with Gasteiger partial charge in [0.1, 0.15) is 11.6 Å². The Labute approximate surface area is 96.4 Å². The molecule has 1 aromatic rings. The molecule has 0 heterocycles. The average molecular weight is 242 g/mol. The van der Waals surface area contributed by atoms with Crippen molar-refractivity contribution in [2.75, 3.05) is 7.11 Å². The molecule has 0 bridgehead atoms. The number of halogens is 1. The summed E-state index contributed by atoms with van der Waals surface area (Å²) in [5.74, 6) is -4.35. The van der Waals surface area contributed by atoms with E-state index in [1.165, 1.54) is 13.2 Å². The fraction of sp³-hybridized carbons (Fsp3) is 0.273. The van der Waals surface area contributed by atoms with E-state index in [1.807, 2.05) is 0 Å². The largest absolute Gasteiger partial charge is 0.496 e. The standard InChI is InChI=1S/C11H11FO5/c1-17-9-4-6(12)2-3-7(9)8(11(15)16)5-10(13)14/h2-4,8H,5H2,1H3,(H,13,14)(H,15,16). The molecule has 2 N–H and O–H groups in total. The highest BCUT2D eigenvalue weighted by Gasteiger charge is 2.26. The van der Waals surface area contributed by atoms with E-state index in [0.717, 1.165) is 12.1 Å². The molecule has 0 amide bonds. The zero-order chi connectivity index (χ0) is 13.0. The molecule has 0 fully saturated rings. The van der Waals surface area contributed by atoms with Crippen LogP contribution in [0, 0.1) is 5.82 Å². The maximum atomic E-state index is 12.9. The Morgan fingerprint density at radius 2 is 2.06 bits per heavy atom.